The number of furan rings is 1. The van der Waals surface area contributed by atoms with Crippen LogP contribution in [0.3, 0.4) is 0 Å². The van der Waals surface area contributed by atoms with Gasteiger partial charge in [-0.1, -0.05) is 13.8 Å². The molecule has 114 valence electrons. The van der Waals surface area contributed by atoms with Gasteiger partial charge in [0.1, 0.15) is 11.5 Å². The summed E-state index contributed by atoms with van der Waals surface area (Å²) in [5, 5.41) is 3.42. The molecule has 3 nitrogen and oxygen atoms in total. The summed E-state index contributed by atoms with van der Waals surface area (Å²) in [4.78, 5) is 2.57. The summed E-state index contributed by atoms with van der Waals surface area (Å²) in [6.45, 7) is 13.1. The molecular formula is C17H30N2O. The summed E-state index contributed by atoms with van der Waals surface area (Å²) < 4.78 is 6.04. The Morgan fingerprint density at radius 3 is 2.95 bits per heavy atom. The van der Waals surface area contributed by atoms with Crippen molar-refractivity contribution in [2.45, 2.75) is 66.1 Å². The van der Waals surface area contributed by atoms with Gasteiger partial charge in [-0.05, 0) is 63.7 Å². The SMILES string of the molecule is CCCNCc1oc(CN2CCCC(C)C2C)cc1C. The van der Waals surface area contributed by atoms with E-state index in [1.807, 2.05) is 0 Å². The lowest BCUT2D eigenvalue weighted by Gasteiger charge is -2.37. The fourth-order valence-electron chi connectivity index (χ4n) is 3.07. The number of nitrogens with one attached hydrogen (secondary N) is 1. The average molecular weight is 278 g/mol. The van der Waals surface area contributed by atoms with E-state index in [0.29, 0.717) is 6.04 Å². The summed E-state index contributed by atoms with van der Waals surface area (Å²) in [7, 11) is 0. The lowest BCUT2D eigenvalue weighted by molar-refractivity contribution is 0.0981. The zero-order valence-electron chi connectivity index (χ0n) is 13.5. The van der Waals surface area contributed by atoms with E-state index in [2.05, 4.69) is 44.0 Å². The largest absolute Gasteiger partial charge is 0.463 e. The molecule has 1 saturated heterocycles. The minimum absolute atomic E-state index is 0.663. The Morgan fingerprint density at radius 2 is 2.20 bits per heavy atom. The number of likely N-dealkylation sites (tertiary alicyclic amines) is 1. The summed E-state index contributed by atoms with van der Waals surface area (Å²) in [5.74, 6) is 3.02. The molecule has 0 aromatic carbocycles. The van der Waals surface area contributed by atoms with Gasteiger partial charge in [0.2, 0.25) is 0 Å². The molecular weight excluding hydrogens is 248 g/mol. The van der Waals surface area contributed by atoms with Crippen molar-refractivity contribution in [3.8, 4) is 0 Å². The first-order valence-corrected chi connectivity index (χ1v) is 8.14. The standard InChI is InChI=1S/C17H30N2O/c1-5-8-18-11-17-14(3)10-16(20-17)12-19-9-6-7-13(2)15(19)4/h10,13,15,18H,5-9,11-12H2,1-4H3. The van der Waals surface area contributed by atoms with E-state index in [1.54, 1.807) is 0 Å². The molecule has 1 aromatic heterocycles. The van der Waals surface area contributed by atoms with Crippen molar-refractivity contribution in [2.75, 3.05) is 13.1 Å². The Balaban J connectivity index is 1.94. The van der Waals surface area contributed by atoms with E-state index < -0.39 is 0 Å². The molecule has 0 spiro atoms. The van der Waals surface area contributed by atoms with Gasteiger partial charge in [-0.25, -0.2) is 0 Å². The van der Waals surface area contributed by atoms with Gasteiger partial charge in [0.15, 0.2) is 0 Å². The fourth-order valence-corrected chi connectivity index (χ4v) is 3.07. The smallest absolute Gasteiger partial charge is 0.120 e. The number of piperidine rings is 1. The Hall–Kier alpha value is -0.800. The van der Waals surface area contributed by atoms with Gasteiger partial charge in [-0.2, -0.15) is 0 Å². The lowest BCUT2D eigenvalue weighted by atomic mass is 9.92. The number of aryl methyl sites for hydroxylation is 1. The molecule has 1 N–H and O–H groups in total. The van der Waals surface area contributed by atoms with Gasteiger partial charge in [-0.15, -0.1) is 0 Å². The summed E-state index contributed by atoms with van der Waals surface area (Å²) >= 11 is 0. The van der Waals surface area contributed by atoms with Gasteiger partial charge >= 0.3 is 0 Å². The van der Waals surface area contributed by atoms with Gasteiger partial charge < -0.3 is 9.73 Å². The second-order valence-corrected chi connectivity index (χ2v) is 6.33. The Bertz CT molecular complexity index is 413. The highest BCUT2D eigenvalue weighted by molar-refractivity contribution is 5.20. The zero-order chi connectivity index (χ0) is 14.5. The molecule has 0 aliphatic carbocycles. The molecule has 2 rings (SSSR count). The van der Waals surface area contributed by atoms with Crippen molar-refractivity contribution in [1.29, 1.82) is 0 Å². The van der Waals surface area contributed by atoms with E-state index in [9.17, 15) is 0 Å². The van der Waals surface area contributed by atoms with Crippen LogP contribution in [-0.2, 0) is 13.1 Å². The average Bonchev–Trinajstić information content (AvgIpc) is 2.76. The predicted octanol–water partition coefficient (Wildman–Crippen LogP) is 3.71. The third kappa shape index (κ3) is 3.86. The molecule has 0 bridgehead atoms. The van der Waals surface area contributed by atoms with Crippen LogP contribution in [0.2, 0.25) is 0 Å². The molecule has 1 aliphatic rings. The quantitative estimate of drug-likeness (QED) is 0.804. The summed E-state index contributed by atoms with van der Waals surface area (Å²) in [5.41, 5.74) is 1.28. The highest BCUT2D eigenvalue weighted by atomic mass is 16.3. The molecule has 0 radical (unpaired) electrons. The van der Waals surface area contributed by atoms with E-state index >= 15 is 0 Å². The molecule has 2 atom stereocenters. The molecule has 2 heterocycles. The van der Waals surface area contributed by atoms with Gasteiger partial charge in [0.05, 0.1) is 13.1 Å². The van der Waals surface area contributed by atoms with Gasteiger partial charge in [0, 0.05) is 6.04 Å². The minimum Gasteiger partial charge on any atom is -0.463 e. The molecule has 3 heteroatoms. The molecule has 1 aliphatic heterocycles. The van der Waals surface area contributed by atoms with Crippen molar-refractivity contribution >= 4 is 0 Å². The Morgan fingerprint density at radius 1 is 1.40 bits per heavy atom. The van der Waals surface area contributed by atoms with Crippen molar-refractivity contribution < 1.29 is 4.42 Å². The first-order valence-electron chi connectivity index (χ1n) is 8.14. The number of rotatable bonds is 6. The third-order valence-electron chi connectivity index (χ3n) is 4.65. The van der Waals surface area contributed by atoms with Crippen molar-refractivity contribution in [3.63, 3.8) is 0 Å². The number of nitrogens with zero attached hydrogens (tertiary/aromatic N) is 1. The molecule has 2 unspecified atom stereocenters. The highest BCUT2D eigenvalue weighted by Gasteiger charge is 2.25. The maximum atomic E-state index is 6.04. The van der Waals surface area contributed by atoms with Crippen LogP contribution in [0.15, 0.2) is 10.5 Å². The van der Waals surface area contributed by atoms with Crippen LogP contribution in [0, 0.1) is 12.8 Å². The third-order valence-corrected chi connectivity index (χ3v) is 4.65. The van der Waals surface area contributed by atoms with Crippen molar-refractivity contribution in [3.05, 3.63) is 23.2 Å². The van der Waals surface area contributed by atoms with Crippen LogP contribution in [0.1, 0.15) is 57.1 Å². The molecule has 20 heavy (non-hydrogen) atoms. The first-order chi connectivity index (χ1) is 9.61. The van der Waals surface area contributed by atoms with E-state index in [4.69, 9.17) is 4.42 Å². The van der Waals surface area contributed by atoms with Crippen LogP contribution >= 0.6 is 0 Å². The Kier molecular flexibility index (Phi) is 5.67. The van der Waals surface area contributed by atoms with E-state index in [1.165, 1.54) is 24.9 Å². The topological polar surface area (TPSA) is 28.4 Å². The second kappa shape index (κ2) is 7.28. The summed E-state index contributed by atoms with van der Waals surface area (Å²) in [6, 6.07) is 2.88. The summed E-state index contributed by atoms with van der Waals surface area (Å²) in [6.07, 6.45) is 3.84. The van der Waals surface area contributed by atoms with Crippen LogP contribution < -0.4 is 5.32 Å². The van der Waals surface area contributed by atoms with Gasteiger partial charge in [0.25, 0.3) is 0 Å². The van der Waals surface area contributed by atoms with Crippen LogP contribution in [0.25, 0.3) is 0 Å². The molecule has 0 saturated carbocycles. The Labute approximate surface area is 123 Å². The maximum Gasteiger partial charge on any atom is 0.120 e. The minimum atomic E-state index is 0.663. The van der Waals surface area contributed by atoms with Gasteiger partial charge in [-0.3, -0.25) is 4.90 Å². The normalized spacial score (nSPS) is 24.2. The van der Waals surface area contributed by atoms with Crippen LogP contribution in [0.4, 0.5) is 0 Å². The van der Waals surface area contributed by atoms with Crippen LogP contribution in [-0.4, -0.2) is 24.0 Å². The molecule has 1 fully saturated rings. The van der Waals surface area contributed by atoms with E-state index in [0.717, 1.165) is 43.5 Å². The molecule has 0 amide bonds. The van der Waals surface area contributed by atoms with E-state index in [-0.39, 0.29) is 0 Å². The van der Waals surface area contributed by atoms with Crippen molar-refractivity contribution in [1.82, 2.24) is 10.2 Å². The zero-order valence-corrected chi connectivity index (χ0v) is 13.5. The monoisotopic (exact) mass is 278 g/mol. The number of hydrogen-bond acceptors (Lipinski definition) is 3. The maximum absolute atomic E-state index is 6.04. The second-order valence-electron chi connectivity index (χ2n) is 6.33. The molecule has 1 aromatic rings. The van der Waals surface area contributed by atoms with Crippen LogP contribution in [0.5, 0.6) is 0 Å². The highest BCUT2D eigenvalue weighted by Crippen LogP contribution is 2.25. The van der Waals surface area contributed by atoms with Crippen molar-refractivity contribution in [2.24, 2.45) is 5.92 Å². The number of hydrogen-bond donors (Lipinski definition) is 1. The fraction of sp³-hybridized carbons (Fsp3) is 0.765. The first kappa shape index (κ1) is 15.6. The lowest BCUT2D eigenvalue weighted by Crippen LogP contribution is -2.41. The predicted molar refractivity (Wildman–Crippen MR) is 83.7 cm³/mol.